The Bertz CT molecular complexity index is 541. The van der Waals surface area contributed by atoms with Gasteiger partial charge in [0.2, 0.25) is 0 Å². The number of hydrogen-bond acceptors (Lipinski definition) is 6. The van der Waals surface area contributed by atoms with E-state index in [1.807, 2.05) is 18.2 Å². The van der Waals surface area contributed by atoms with Crippen molar-refractivity contribution in [2.75, 3.05) is 20.8 Å². The Morgan fingerprint density at radius 1 is 1.00 bits per heavy atom. The normalized spacial score (nSPS) is 12.0. The lowest BCUT2D eigenvalue weighted by Crippen LogP contribution is -2.24. The van der Waals surface area contributed by atoms with Crippen molar-refractivity contribution < 1.29 is 9.47 Å². The first kappa shape index (κ1) is 15.2. The van der Waals surface area contributed by atoms with E-state index in [9.17, 15) is 0 Å². The number of benzene rings is 1. The summed E-state index contributed by atoms with van der Waals surface area (Å²) in [7, 11) is 3.05. The summed E-state index contributed by atoms with van der Waals surface area (Å²) in [5, 5.41) is 3.44. The molecule has 0 aliphatic carbocycles. The molecule has 0 saturated carbocycles. The van der Waals surface area contributed by atoms with Crippen molar-refractivity contribution in [3.63, 3.8) is 0 Å². The minimum absolute atomic E-state index is 0.132. The van der Waals surface area contributed by atoms with Crippen LogP contribution in [0, 0.1) is 0 Å². The number of likely N-dealkylation sites (N-methyl/N-ethyl adjacent to an activating group) is 1. The molecule has 1 atom stereocenters. The average Bonchev–Trinajstić information content (AvgIpc) is 2.55. The Kier molecular flexibility index (Phi) is 5.45. The Hall–Kier alpha value is -2.21. The van der Waals surface area contributed by atoms with Crippen LogP contribution in [0.5, 0.6) is 12.0 Å². The van der Waals surface area contributed by atoms with Crippen molar-refractivity contribution in [2.45, 2.75) is 19.4 Å². The molecule has 6 heteroatoms. The molecule has 112 valence electrons. The molecule has 0 aliphatic rings. The van der Waals surface area contributed by atoms with Crippen molar-refractivity contribution in [1.29, 1.82) is 0 Å². The number of hydrogen-bond donors (Lipinski definition) is 1. The number of rotatable bonds is 7. The van der Waals surface area contributed by atoms with E-state index in [1.165, 1.54) is 19.8 Å². The van der Waals surface area contributed by atoms with E-state index in [2.05, 4.69) is 39.3 Å². The van der Waals surface area contributed by atoms with Gasteiger partial charge in [-0.1, -0.05) is 37.3 Å². The van der Waals surface area contributed by atoms with E-state index < -0.39 is 0 Å². The summed E-state index contributed by atoms with van der Waals surface area (Å²) in [6.45, 7) is 2.93. The number of nitrogens with zero attached hydrogens (tertiary/aromatic N) is 3. The standard InChI is InChI=1S/C15H20N4O2/c1-4-16-12(11-8-6-5-7-9-11)10-13-17-14(20-2)19-15(18-13)21-3/h5-9,12,16H,4,10H2,1-3H3. The van der Waals surface area contributed by atoms with Crippen molar-refractivity contribution in [3.05, 3.63) is 41.7 Å². The third kappa shape index (κ3) is 4.13. The second-order valence-corrected chi connectivity index (χ2v) is 4.45. The zero-order valence-electron chi connectivity index (χ0n) is 12.5. The Balaban J connectivity index is 2.24. The lowest BCUT2D eigenvalue weighted by molar-refractivity contribution is 0.334. The highest BCUT2D eigenvalue weighted by atomic mass is 16.5. The molecule has 0 fully saturated rings. The van der Waals surface area contributed by atoms with Gasteiger partial charge >= 0.3 is 12.0 Å². The van der Waals surface area contributed by atoms with Gasteiger partial charge in [0.25, 0.3) is 0 Å². The van der Waals surface area contributed by atoms with Gasteiger partial charge in [-0.3, -0.25) is 0 Å². The molecule has 6 nitrogen and oxygen atoms in total. The first-order chi connectivity index (χ1) is 10.3. The highest BCUT2D eigenvalue weighted by molar-refractivity contribution is 5.20. The summed E-state index contributed by atoms with van der Waals surface area (Å²) in [5.74, 6) is 0.633. The van der Waals surface area contributed by atoms with Crippen molar-refractivity contribution >= 4 is 0 Å². The lowest BCUT2D eigenvalue weighted by Gasteiger charge is -2.17. The molecule has 0 spiro atoms. The molecule has 0 amide bonds. The number of aromatic nitrogens is 3. The molecular formula is C15H20N4O2. The van der Waals surface area contributed by atoms with Crippen LogP contribution in [0.1, 0.15) is 24.4 Å². The van der Waals surface area contributed by atoms with Crippen LogP contribution in [0.25, 0.3) is 0 Å². The van der Waals surface area contributed by atoms with Crippen LogP contribution in [0.4, 0.5) is 0 Å². The molecule has 2 aromatic rings. The second kappa shape index (κ2) is 7.54. The fourth-order valence-electron chi connectivity index (χ4n) is 2.07. The minimum Gasteiger partial charge on any atom is -0.467 e. The third-order valence-corrected chi connectivity index (χ3v) is 3.04. The molecule has 21 heavy (non-hydrogen) atoms. The fraction of sp³-hybridized carbons (Fsp3) is 0.400. The predicted molar refractivity (Wildman–Crippen MR) is 79.5 cm³/mol. The van der Waals surface area contributed by atoms with Gasteiger partial charge in [0.05, 0.1) is 14.2 Å². The van der Waals surface area contributed by atoms with Crippen molar-refractivity contribution in [2.24, 2.45) is 0 Å². The first-order valence-electron chi connectivity index (χ1n) is 6.88. The lowest BCUT2D eigenvalue weighted by atomic mass is 10.0. The molecule has 1 aromatic heterocycles. The quantitative estimate of drug-likeness (QED) is 0.837. The molecular weight excluding hydrogens is 268 g/mol. The molecule has 0 radical (unpaired) electrons. The molecule has 2 rings (SSSR count). The fourth-order valence-corrected chi connectivity index (χ4v) is 2.07. The summed E-state index contributed by atoms with van der Waals surface area (Å²) < 4.78 is 10.2. The second-order valence-electron chi connectivity index (χ2n) is 4.45. The van der Waals surface area contributed by atoms with Gasteiger partial charge in [-0.25, -0.2) is 0 Å². The molecule has 0 saturated heterocycles. The van der Waals surface area contributed by atoms with Gasteiger partial charge in [0.1, 0.15) is 5.82 Å². The maximum absolute atomic E-state index is 5.08. The van der Waals surface area contributed by atoms with Crippen molar-refractivity contribution in [1.82, 2.24) is 20.3 Å². The third-order valence-electron chi connectivity index (χ3n) is 3.04. The van der Waals surface area contributed by atoms with Gasteiger partial charge in [-0.2, -0.15) is 9.97 Å². The highest BCUT2D eigenvalue weighted by Gasteiger charge is 2.15. The molecule has 1 N–H and O–H groups in total. The van der Waals surface area contributed by atoms with Gasteiger partial charge in [0.15, 0.2) is 0 Å². The zero-order valence-corrected chi connectivity index (χ0v) is 12.5. The maximum Gasteiger partial charge on any atom is 0.322 e. The van der Waals surface area contributed by atoms with Crippen LogP contribution >= 0.6 is 0 Å². The summed E-state index contributed by atoms with van der Waals surface area (Å²) in [6, 6.07) is 10.9. The summed E-state index contributed by atoms with van der Waals surface area (Å²) in [4.78, 5) is 12.6. The Labute approximate surface area is 124 Å². The number of nitrogens with one attached hydrogen (secondary N) is 1. The minimum atomic E-state index is 0.132. The molecule has 0 aliphatic heterocycles. The van der Waals surface area contributed by atoms with E-state index in [4.69, 9.17) is 9.47 Å². The molecule has 1 heterocycles. The predicted octanol–water partition coefficient (Wildman–Crippen LogP) is 1.78. The van der Waals surface area contributed by atoms with Gasteiger partial charge in [-0.05, 0) is 12.1 Å². The van der Waals surface area contributed by atoms with E-state index in [0.717, 1.165) is 6.54 Å². The van der Waals surface area contributed by atoms with E-state index in [-0.39, 0.29) is 18.1 Å². The van der Waals surface area contributed by atoms with E-state index >= 15 is 0 Å². The van der Waals surface area contributed by atoms with Crippen LogP contribution in [0.15, 0.2) is 30.3 Å². The zero-order chi connectivity index (χ0) is 15.1. The highest BCUT2D eigenvalue weighted by Crippen LogP contribution is 2.18. The average molecular weight is 288 g/mol. The Morgan fingerprint density at radius 3 is 2.14 bits per heavy atom. The smallest absolute Gasteiger partial charge is 0.322 e. The van der Waals surface area contributed by atoms with Crippen LogP contribution < -0.4 is 14.8 Å². The van der Waals surface area contributed by atoms with Crippen LogP contribution in [-0.2, 0) is 6.42 Å². The largest absolute Gasteiger partial charge is 0.467 e. The van der Waals surface area contributed by atoms with E-state index in [1.54, 1.807) is 0 Å². The summed E-state index contributed by atoms with van der Waals surface area (Å²) in [5.41, 5.74) is 1.19. The monoisotopic (exact) mass is 288 g/mol. The summed E-state index contributed by atoms with van der Waals surface area (Å²) in [6.07, 6.45) is 0.632. The summed E-state index contributed by atoms with van der Waals surface area (Å²) >= 11 is 0. The Morgan fingerprint density at radius 2 is 1.62 bits per heavy atom. The van der Waals surface area contributed by atoms with Gasteiger partial charge in [0, 0.05) is 12.5 Å². The SMILES string of the molecule is CCNC(Cc1nc(OC)nc(OC)n1)c1ccccc1. The van der Waals surface area contributed by atoms with Crippen LogP contribution in [0.2, 0.25) is 0 Å². The van der Waals surface area contributed by atoms with Crippen molar-refractivity contribution in [3.8, 4) is 12.0 Å². The molecule has 1 unspecified atom stereocenters. The number of methoxy groups -OCH3 is 2. The maximum atomic E-state index is 5.08. The molecule has 0 bridgehead atoms. The van der Waals surface area contributed by atoms with E-state index in [0.29, 0.717) is 12.2 Å². The van der Waals surface area contributed by atoms with Gasteiger partial charge in [-0.15, -0.1) is 4.98 Å². The number of ether oxygens (including phenoxy) is 2. The van der Waals surface area contributed by atoms with Crippen LogP contribution in [0.3, 0.4) is 0 Å². The van der Waals surface area contributed by atoms with Crippen LogP contribution in [-0.4, -0.2) is 35.7 Å². The topological polar surface area (TPSA) is 69.2 Å². The van der Waals surface area contributed by atoms with Gasteiger partial charge < -0.3 is 14.8 Å². The first-order valence-corrected chi connectivity index (χ1v) is 6.88. The molecule has 1 aromatic carbocycles.